The molecule has 0 aliphatic carbocycles. The summed E-state index contributed by atoms with van der Waals surface area (Å²) in [6.07, 6.45) is -3.23. The zero-order valence-corrected chi connectivity index (χ0v) is 12.9. The van der Waals surface area contributed by atoms with Crippen molar-refractivity contribution in [3.05, 3.63) is 0 Å². The molecule has 18 heteroatoms. The Bertz CT molecular complexity index is 319. The summed E-state index contributed by atoms with van der Waals surface area (Å²) in [6.45, 7) is 0. The summed E-state index contributed by atoms with van der Waals surface area (Å²) in [5.41, 5.74) is 8.29. The quantitative estimate of drug-likeness (QED) is 0.361. The summed E-state index contributed by atoms with van der Waals surface area (Å²) in [7, 11) is -10.4. The van der Waals surface area contributed by atoms with Crippen LogP contribution in [0.4, 0.5) is 9.59 Å². The van der Waals surface area contributed by atoms with E-state index in [1.54, 1.807) is 0 Å². The van der Waals surface area contributed by atoms with Gasteiger partial charge in [-0.05, 0) is 0 Å². The van der Waals surface area contributed by atoms with E-state index in [0.717, 1.165) is 0 Å². The van der Waals surface area contributed by atoms with Crippen LogP contribution >= 0.6 is 15.6 Å². The Labute approximate surface area is 161 Å². The number of phosphoric ester groups is 2. The smallest absolute Gasteiger partial charge is 0.780 e. The molecule has 0 bridgehead atoms. The number of primary amides is 2. The first-order valence-electron chi connectivity index (χ1n) is 2.85. The SMILES string of the molecule is NC(=O)OP(=O)([O-])[O-].NC(=O)OP(=O)([O-])[O-].[Li+].[Li+].[Li+].[Li+]. The molecule has 0 aromatic rings. The molecule has 0 spiro atoms. The molecule has 0 aromatic carbocycles. The Kier molecular flexibility index (Phi) is 31.1. The topological polar surface area (TPSA) is 231 Å². The van der Waals surface area contributed by atoms with E-state index >= 15 is 0 Å². The molecule has 20 heavy (non-hydrogen) atoms. The third-order valence-corrected chi connectivity index (χ3v) is 1.21. The molecule has 0 heterocycles. The molecule has 0 fully saturated rings. The molecule has 12 nitrogen and oxygen atoms in total. The third kappa shape index (κ3) is 50.7. The van der Waals surface area contributed by atoms with E-state index in [4.69, 9.17) is 0 Å². The number of carbonyl (C=O) groups excluding carboxylic acids is 2. The summed E-state index contributed by atoms with van der Waals surface area (Å²) in [6, 6.07) is 0. The van der Waals surface area contributed by atoms with Crippen molar-refractivity contribution in [2.75, 3.05) is 0 Å². The zero-order valence-electron chi connectivity index (χ0n) is 11.1. The molecule has 0 aliphatic rings. The predicted octanol–water partition coefficient (Wildman–Crippen LogP) is -16.2. The number of hydrogen-bond donors (Lipinski definition) is 2. The van der Waals surface area contributed by atoms with Gasteiger partial charge in [0.25, 0.3) is 0 Å². The second-order valence-electron chi connectivity index (χ2n) is 1.72. The molecular weight excluding hydrogens is 302 g/mol. The summed E-state index contributed by atoms with van der Waals surface area (Å²) in [5.74, 6) is 0. The van der Waals surface area contributed by atoms with Gasteiger partial charge in [-0.2, -0.15) is 0 Å². The van der Waals surface area contributed by atoms with Gasteiger partial charge in [0.1, 0.15) is 15.6 Å². The number of phosphoric acid groups is 2. The normalized spacial score (nSPS) is 8.60. The van der Waals surface area contributed by atoms with E-state index in [2.05, 4.69) is 20.5 Å². The van der Waals surface area contributed by atoms with E-state index < -0.39 is 27.8 Å². The van der Waals surface area contributed by atoms with Gasteiger partial charge in [0, 0.05) is 0 Å². The van der Waals surface area contributed by atoms with Crippen molar-refractivity contribution in [2.45, 2.75) is 0 Å². The molecule has 4 N–H and O–H groups in total. The Morgan fingerprint density at radius 1 is 0.700 bits per heavy atom. The van der Waals surface area contributed by atoms with Crippen molar-refractivity contribution in [1.29, 1.82) is 0 Å². The monoisotopic (exact) mass is 306 g/mol. The van der Waals surface area contributed by atoms with Crippen LogP contribution in [-0.2, 0) is 18.2 Å². The third-order valence-electron chi connectivity index (χ3n) is 0.404. The van der Waals surface area contributed by atoms with Crippen molar-refractivity contribution in [3.8, 4) is 0 Å². The van der Waals surface area contributed by atoms with Crippen LogP contribution < -0.4 is 106 Å². The Morgan fingerprint density at radius 2 is 0.850 bits per heavy atom. The van der Waals surface area contributed by atoms with Crippen molar-refractivity contribution >= 4 is 27.8 Å². The first-order valence-corrected chi connectivity index (χ1v) is 5.78. The Balaban J connectivity index is -0.0000000408. The fourth-order valence-corrected chi connectivity index (χ4v) is 0.661. The zero-order chi connectivity index (χ0) is 13.6. The van der Waals surface area contributed by atoms with E-state index in [-0.39, 0.29) is 75.4 Å². The molecule has 0 unspecified atom stereocenters. The van der Waals surface area contributed by atoms with Crippen molar-refractivity contribution < 1.29 is 123 Å². The maximum absolute atomic E-state index is 9.44. The first kappa shape index (κ1) is 37.5. The molecule has 0 saturated carbocycles. The van der Waals surface area contributed by atoms with E-state index in [1.807, 2.05) is 0 Å². The van der Waals surface area contributed by atoms with E-state index in [1.165, 1.54) is 0 Å². The summed E-state index contributed by atoms with van der Waals surface area (Å²) in [5, 5.41) is 0. The van der Waals surface area contributed by atoms with Gasteiger partial charge in [0.2, 0.25) is 0 Å². The maximum atomic E-state index is 9.44. The van der Waals surface area contributed by atoms with Crippen LogP contribution in [0.15, 0.2) is 0 Å². The minimum atomic E-state index is -5.20. The number of carbonyl (C=O) groups is 2. The van der Waals surface area contributed by atoms with Crippen LogP contribution in [0, 0.1) is 0 Å². The number of rotatable bonds is 2. The molecule has 0 aliphatic heterocycles. The Morgan fingerprint density at radius 3 is 0.850 bits per heavy atom. The molecule has 0 atom stereocenters. The summed E-state index contributed by atoms with van der Waals surface area (Å²) in [4.78, 5) is 56.4. The molecule has 0 saturated heterocycles. The van der Waals surface area contributed by atoms with Gasteiger partial charge in [0.15, 0.2) is 0 Å². The van der Waals surface area contributed by atoms with Crippen LogP contribution in [0.5, 0.6) is 0 Å². The number of amides is 2. The van der Waals surface area contributed by atoms with Gasteiger partial charge in [-0.15, -0.1) is 0 Å². The van der Waals surface area contributed by atoms with Crippen LogP contribution in [0.2, 0.25) is 0 Å². The average molecular weight is 306 g/mol. The standard InChI is InChI=1S/2CH4NO5P.4Li/c2*2-1(3)7-8(4,5)6;;;;/h2*(H2,2,3)(H2,4,5,6);;;;/q;;4*+1/p-4. The molecule has 0 radical (unpaired) electrons. The number of nitrogens with two attached hydrogens (primary N) is 2. The number of hydrogen-bond acceptors (Lipinski definition) is 10. The van der Waals surface area contributed by atoms with Gasteiger partial charge in [-0.1, -0.05) is 0 Å². The predicted molar refractivity (Wildman–Crippen MR) is 36.5 cm³/mol. The average Bonchev–Trinajstić information content (AvgIpc) is 1.72. The van der Waals surface area contributed by atoms with Gasteiger partial charge >= 0.3 is 87.6 Å². The molecular formula is C2H4Li4N2O10P2. The van der Waals surface area contributed by atoms with Crippen molar-refractivity contribution in [3.63, 3.8) is 0 Å². The van der Waals surface area contributed by atoms with Crippen molar-refractivity contribution in [1.82, 2.24) is 0 Å². The van der Waals surface area contributed by atoms with Crippen LogP contribution in [0.25, 0.3) is 0 Å². The fraction of sp³-hybridized carbons (Fsp3) is 0. The molecule has 0 rings (SSSR count). The Hall–Kier alpha value is 1.23. The van der Waals surface area contributed by atoms with Gasteiger partial charge < -0.3 is 49.2 Å². The summed E-state index contributed by atoms with van der Waals surface area (Å²) >= 11 is 0. The van der Waals surface area contributed by atoms with Gasteiger partial charge in [-0.25, -0.2) is 9.59 Å². The minimum absolute atomic E-state index is 0. The first-order chi connectivity index (χ1) is 6.83. The van der Waals surface area contributed by atoms with Crippen LogP contribution in [0.3, 0.4) is 0 Å². The molecule has 2 amide bonds. The van der Waals surface area contributed by atoms with E-state index in [0.29, 0.717) is 0 Å². The minimum Gasteiger partial charge on any atom is -0.780 e. The van der Waals surface area contributed by atoms with E-state index in [9.17, 15) is 38.3 Å². The van der Waals surface area contributed by atoms with Gasteiger partial charge in [0.05, 0.1) is 0 Å². The second-order valence-corrected chi connectivity index (χ2v) is 3.87. The fourth-order valence-electron chi connectivity index (χ4n) is 0.220. The molecule has 0 aromatic heterocycles. The largest absolute Gasteiger partial charge is 1.00 e. The second kappa shape index (κ2) is 16.6. The van der Waals surface area contributed by atoms with Crippen LogP contribution in [0.1, 0.15) is 0 Å². The molecule has 96 valence electrons. The van der Waals surface area contributed by atoms with Crippen LogP contribution in [-0.4, -0.2) is 12.2 Å². The van der Waals surface area contributed by atoms with Gasteiger partial charge in [-0.3, -0.25) is 0 Å². The maximum Gasteiger partial charge on any atom is 1.00 e. The van der Waals surface area contributed by atoms with Crippen molar-refractivity contribution in [2.24, 2.45) is 11.5 Å². The summed E-state index contributed by atoms with van der Waals surface area (Å²) < 4.78 is 24.8.